The zero-order chi connectivity index (χ0) is 12.6. The van der Waals surface area contributed by atoms with Crippen LogP contribution in [0.2, 0.25) is 0 Å². The van der Waals surface area contributed by atoms with Crippen LogP contribution in [0.3, 0.4) is 0 Å². The van der Waals surface area contributed by atoms with Crippen molar-refractivity contribution in [3.63, 3.8) is 0 Å². The molecule has 1 saturated heterocycles. The molecule has 96 valence electrons. The molecule has 1 unspecified atom stereocenters. The van der Waals surface area contributed by atoms with Crippen LogP contribution in [0, 0.1) is 6.92 Å². The Labute approximate surface area is 104 Å². The molecule has 2 rings (SSSR count). The van der Waals surface area contributed by atoms with E-state index in [2.05, 4.69) is 47.8 Å². The Kier molecular flexibility index (Phi) is 3.17. The van der Waals surface area contributed by atoms with Gasteiger partial charge in [-0.2, -0.15) is 5.10 Å². The highest BCUT2D eigenvalue weighted by Crippen LogP contribution is 2.34. The molecular weight excluding hydrogens is 212 g/mol. The summed E-state index contributed by atoms with van der Waals surface area (Å²) < 4.78 is 2.20. The van der Waals surface area contributed by atoms with Gasteiger partial charge in [0.1, 0.15) is 0 Å². The van der Waals surface area contributed by atoms with Crippen molar-refractivity contribution in [1.29, 1.82) is 0 Å². The molecule has 1 aliphatic heterocycles. The average molecular weight is 236 g/mol. The van der Waals surface area contributed by atoms with Gasteiger partial charge in [-0.05, 0) is 40.7 Å². The maximum atomic E-state index is 4.54. The fraction of sp³-hybridized carbons (Fsp3) is 0.769. The Morgan fingerprint density at radius 1 is 1.47 bits per heavy atom. The zero-order valence-electron chi connectivity index (χ0n) is 11.6. The van der Waals surface area contributed by atoms with Crippen molar-refractivity contribution >= 4 is 5.69 Å². The normalized spacial score (nSPS) is 24.9. The topological polar surface area (TPSA) is 33.1 Å². The molecule has 1 aliphatic rings. The number of likely N-dealkylation sites (tertiary alicyclic amines) is 1. The van der Waals surface area contributed by atoms with E-state index in [0.717, 1.165) is 18.7 Å². The van der Waals surface area contributed by atoms with Crippen molar-refractivity contribution in [3.05, 3.63) is 11.9 Å². The first-order valence-electron chi connectivity index (χ1n) is 6.39. The summed E-state index contributed by atoms with van der Waals surface area (Å²) in [7, 11) is 4.16. The number of hydrogen-bond donors (Lipinski definition) is 1. The molecular formula is C13H24N4. The number of nitrogens with zero attached hydrogens (tertiary/aromatic N) is 3. The minimum Gasteiger partial charge on any atom is -0.385 e. The second-order valence-corrected chi connectivity index (χ2v) is 5.72. The first-order chi connectivity index (χ1) is 7.95. The third kappa shape index (κ3) is 2.18. The molecule has 4 nitrogen and oxygen atoms in total. The van der Waals surface area contributed by atoms with E-state index in [1.54, 1.807) is 0 Å². The molecule has 1 aromatic heterocycles. The Morgan fingerprint density at radius 2 is 2.18 bits per heavy atom. The molecule has 1 aromatic rings. The van der Waals surface area contributed by atoms with Crippen LogP contribution in [0.25, 0.3) is 0 Å². The summed E-state index contributed by atoms with van der Waals surface area (Å²) in [6.07, 6.45) is 4.28. The van der Waals surface area contributed by atoms with Crippen LogP contribution in [-0.2, 0) is 0 Å². The van der Waals surface area contributed by atoms with Crippen molar-refractivity contribution in [2.24, 2.45) is 0 Å². The van der Waals surface area contributed by atoms with Crippen molar-refractivity contribution in [1.82, 2.24) is 14.7 Å². The molecule has 1 atom stereocenters. The fourth-order valence-corrected chi connectivity index (χ4v) is 2.73. The summed E-state index contributed by atoms with van der Waals surface area (Å²) in [5.74, 6) is 0. The number of hydrogen-bond acceptors (Lipinski definition) is 3. The Hall–Kier alpha value is -1.03. The predicted octanol–water partition coefficient (Wildman–Crippen LogP) is 2.28. The van der Waals surface area contributed by atoms with Gasteiger partial charge in [0.15, 0.2) is 0 Å². The molecule has 17 heavy (non-hydrogen) atoms. The lowest BCUT2D eigenvalue weighted by Gasteiger charge is -2.43. The number of rotatable bonds is 2. The third-order valence-electron chi connectivity index (χ3n) is 4.23. The van der Waals surface area contributed by atoms with Crippen LogP contribution in [0.15, 0.2) is 6.20 Å². The summed E-state index contributed by atoms with van der Waals surface area (Å²) in [4.78, 5) is 2.45. The van der Waals surface area contributed by atoms with Crippen molar-refractivity contribution in [3.8, 4) is 0 Å². The van der Waals surface area contributed by atoms with Crippen LogP contribution in [0.5, 0.6) is 0 Å². The molecule has 0 aliphatic carbocycles. The molecule has 0 saturated carbocycles. The molecule has 0 amide bonds. The number of piperidine rings is 1. The Balaban J connectivity index is 2.21. The van der Waals surface area contributed by atoms with Crippen LogP contribution in [0.4, 0.5) is 5.69 Å². The molecule has 2 heterocycles. The highest BCUT2D eigenvalue weighted by atomic mass is 15.3. The minimum atomic E-state index is 0.265. The second-order valence-electron chi connectivity index (χ2n) is 5.72. The largest absolute Gasteiger partial charge is 0.385 e. The van der Waals surface area contributed by atoms with Gasteiger partial charge in [-0.1, -0.05) is 0 Å². The highest BCUT2D eigenvalue weighted by molar-refractivity contribution is 5.45. The molecule has 0 bridgehead atoms. The fourth-order valence-electron chi connectivity index (χ4n) is 2.73. The number of nitrogens with one attached hydrogen (secondary N) is 1. The SMILES string of the molecule is CNc1cnn(C2CCN(C)C(C)(C)C2)c1C. The quantitative estimate of drug-likeness (QED) is 0.855. The lowest BCUT2D eigenvalue weighted by Crippen LogP contribution is -2.48. The molecule has 0 aromatic carbocycles. The maximum absolute atomic E-state index is 4.54. The van der Waals surface area contributed by atoms with Gasteiger partial charge in [0.05, 0.1) is 23.6 Å². The number of aromatic nitrogens is 2. The van der Waals surface area contributed by atoms with Gasteiger partial charge in [-0.3, -0.25) is 4.68 Å². The van der Waals surface area contributed by atoms with Crippen LogP contribution in [-0.4, -0.2) is 40.9 Å². The van der Waals surface area contributed by atoms with Gasteiger partial charge in [-0.15, -0.1) is 0 Å². The van der Waals surface area contributed by atoms with E-state index >= 15 is 0 Å². The van der Waals surface area contributed by atoms with E-state index in [9.17, 15) is 0 Å². The molecule has 1 fully saturated rings. The maximum Gasteiger partial charge on any atom is 0.0753 e. The van der Waals surface area contributed by atoms with Gasteiger partial charge in [-0.25, -0.2) is 0 Å². The lowest BCUT2D eigenvalue weighted by atomic mass is 9.87. The molecule has 1 N–H and O–H groups in total. The summed E-state index contributed by atoms with van der Waals surface area (Å²) in [5, 5.41) is 7.73. The smallest absolute Gasteiger partial charge is 0.0753 e. The van der Waals surface area contributed by atoms with Crippen molar-refractivity contribution in [2.45, 2.75) is 45.2 Å². The molecule has 4 heteroatoms. The molecule has 0 radical (unpaired) electrons. The zero-order valence-corrected chi connectivity index (χ0v) is 11.6. The van der Waals surface area contributed by atoms with E-state index in [0.29, 0.717) is 6.04 Å². The Morgan fingerprint density at radius 3 is 2.71 bits per heavy atom. The highest BCUT2D eigenvalue weighted by Gasteiger charge is 2.34. The van der Waals surface area contributed by atoms with E-state index in [1.165, 1.54) is 12.1 Å². The van der Waals surface area contributed by atoms with E-state index in [1.807, 2.05) is 13.2 Å². The van der Waals surface area contributed by atoms with Gasteiger partial charge in [0, 0.05) is 19.1 Å². The average Bonchev–Trinajstić information content (AvgIpc) is 2.63. The Bertz CT molecular complexity index is 394. The van der Waals surface area contributed by atoms with Gasteiger partial charge >= 0.3 is 0 Å². The van der Waals surface area contributed by atoms with Crippen LogP contribution in [0.1, 0.15) is 38.4 Å². The lowest BCUT2D eigenvalue weighted by molar-refractivity contribution is 0.0712. The summed E-state index contributed by atoms with van der Waals surface area (Å²) >= 11 is 0. The van der Waals surface area contributed by atoms with Gasteiger partial charge in [0.25, 0.3) is 0 Å². The number of anilines is 1. The van der Waals surface area contributed by atoms with Gasteiger partial charge < -0.3 is 10.2 Å². The third-order valence-corrected chi connectivity index (χ3v) is 4.23. The van der Waals surface area contributed by atoms with E-state index < -0.39 is 0 Å². The van der Waals surface area contributed by atoms with E-state index in [4.69, 9.17) is 0 Å². The van der Waals surface area contributed by atoms with Gasteiger partial charge in [0.2, 0.25) is 0 Å². The minimum absolute atomic E-state index is 0.265. The predicted molar refractivity (Wildman–Crippen MR) is 71.5 cm³/mol. The standard InChI is InChI=1S/C13H24N4/c1-10-12(14-4)9-15-17(10)11-6-7-16(5)13(2,3)8-11/h9,11,14H,6-8H2,1-5H3. The monoisotopic (exact) mass is 236 g/mol. The van der Waals surface area contributed by atoms with Crippen molar-refractivity contribution in [2.75, 3.05) is 26.0 Å². The summed E-state index contributed by atoms with van der Waals surface area (Å²) in [6.45, 7) is 7.92. The summed E-state index contributed by atoms with van der Waals surface area (Å²) in [6, 6.07) is 0.531. The second kappa shape index (κ2) is 4.33. The molecule has 0 spiro atoms. The van der Waals surface area contributed by atoms with Crippen LogP contribution >= 0.6 is 0 Å². The van der Waals surface area contributed by atoms with E-state index in [-0.39, 0.29) is 5.54 Å². The van der Waals surface area contributed by atoms with Crippen molar-refractivity contribution < 1.29 is 0 Å². The van der Waals surface area contributed by atoms with Crippen LogP contribution < -0.4 is 5.32 Å². The summed E-state index contributed by atoms with van der Waals surface area (Å²) in [5.41, 5.74) is 2.65. The first kappa shape index (κ1) is 12.4. The first-order valence-corrected chi connectivity index (χ1v) is 6.39.